The molecule has 1 saturated heterocycles. The van der Waals surface area contributed by atoms with Crippen LogP contribution in [0, 0.1) is 5.92 Å². The minimum atomic E-state index is -1.05. The first-order valence-electron chi connectivity index (χ1n) is 8.60. The third kappa shape index (κ3) is 2.53. The van der Waals surface area contributed by atoms with E-state index in [4.69, 9.17) is 9.47 Å². The molecule has 0 aromatic heterocycles. The maximum absolute atomic E-state index is 13.3. The molecule has 2 aliphatic rings. The van der Waals surface area contributed by atoms with Crippen LogP contribution in [0.2, 0.25) is 0 Å². The molecule has 2 heterocycles. The quantitative estimate of drug-likeness (QED) is 0.592. The van der Waals surface area contributed by atoms with Gasteiger partial charge in [0.2, 0.25) is 5.91 Å². The topological polar surface area (TPSA) is 88.5 Å². The highest BCUT2D eigenvalue weighted by molar-refractivity contribution is 6.47. The number of carbonyl (C=O) groups is 3. The zero-order valence-corrected chi connectivity index (χ0v) is 15.2. The average Bonchev–Trinajstić information content (AvgIpc) is 3.25. The fourth-order valence-corrected chi connectivity index (χ4v) is 3.53. The minimum Gasteiger partial charge on any atom is -0.495 e. The van der Waals surface area contributed by atoms with Crippen LogP contribution in [0.4, 0.5) is 11.4 Å². The van der Waals surface area contributed by atoms with Crippen LogP contribution in [0.15, 0.2) is 59.7 Å². The zero-order valence-electron chi connectivity index (χ0n) is 15.2. The summed E-state index contributed by atoms with van der Waals surface area (Å²) in [6.07, 6.45) is 0. The molecule has 1 fully saturated rings. The molecule has 4 rings (SSSR count). The van der Waals surface area contributed by atoms with Crippen LogP contribution in [0.1, 0.15) is 0 Å². The van der Waals surface area contributed by atoms with E-state index in [0.717, 1.165) is 4.90 Å². The van der Waals surface area contributed by atoms with Crippen molar-refractivity contribution in [3.05, 3.63) is 54.6 Å². The number of anilines is 2. The van der Waals surface area contributed by atoms with E-state index in [1.165, 1.54) is 19.2 Å². The van der Waals surface area contributed by atoms with Gasteiger partial charge in [-0.15, -0.1) is 0 Å². The van der Waals surface area contributed by atoms with Crippen molar-refractivity contribution in [1.29, 1.82) is 0 Å². The average molecular weight is 379 g/mol. The number of nitrogens with zero attached hydrogens (tertiary/aromatic N) is 3. The number of imide groups is 1. The van der Waals surface area contributed by atoms with E-state index in [1.807, 2.05) is 6.07 Å². The van der Waals surface area contributed by atoms with E-state index in [2.05, 4.69) is 5.10 Å². The summed E-state index contributed by atoms with van der Waals surface area (Å²) in [6, 6.07) is 14.7. The standard InChI is InChI=1S/C20H17N3O5/c1-27-14-11-7-6-10-13(14)22-18(24)15-16(20(26)28-2)21-23(17(15)19(22)25)12-8-4-3-5-9-12/h3-11,15,17H,1-2H3/t15-,17+/m0/s1. The Kier molecular flexibility index (Phi) is 4.31. The van der Waals surface area contributed by atoms with Gasteiger partial charge < -0.3 is 9.47 Å². The van der Waals surface area contributed by atoms with Gasteiger partial charge in [0.25, 0.3) is 5.91 Å². The van der Waals surface area contributed by atoms with Gasteiger partial charge in [0.15, 0.2) is 5.71 Å². The normalized spacial score (nSPS) is 20.9. The summed E-state index contributed by atoms with van der Waals surface area (Å²) in [5.74, 6) is -2.43. The summed E-state index contributed by atoms with van der Waals surface area (Å²) in [7, 11) is 2.67. The Hall–Kier alpha value is -3.68. The highest BCUT2D eigenvalue weighted by Crippen LogP contribution is 2.40. The molecule has 2 atom stereocenters. The highest BCUT2D eigenvalue weighted by atomic mass is 16.5. The van der Waals surface area contributed by atoms with Gasteiger partial charge in [0.1, 0.15) is 17.7 Å². The molecule has 0 aliphatic carbocycles. The zero-order chi connectivity index (χ0) is 19.8. The van der Waals surface area contributed by atoms with E-state index in [-0.39, 0.29) is 5.71 Å². The highest BCUT2D eigenvalue weighted by Gasteiger charge is 2.59. The number of carbonyl (C=O) groups excluding carboxylic acids is 3. The second kappa shape index (κ2) is 6.80. The lowest BCUT2D eigenvalue weighted by molar-refractivity contribution is -0.133. The van der Waals surface area contributed by atoms with Gasteiger partial charge in [-0.3, -0.25) is 14.6 Å². The summed E-state index contributed by atoms with van der Waals surface area (Å²) in [4.78, 5) is 39.8. The molecule has 0 unspecified atom stereocenters. The Labute approximate surface area is 160 Å². The molecule has 0 bridgehead atoms. The molecule has 8 nitrogen and oxygen atoms in total. The number of esters is 1. The van der Waals surface area contributed by atoms with Crippen molar-refractivity contribution in [2.24, 2.45) is 11.0 Å². The number of fused-ring (bicyclic) bond motifs is 1. The molecule has 0 radical (unpaired) electrons. The molecule has 0 saturated carbocycles. The minimum absolute atomic E-state index is 0.0906. The number of para-hydroxylation sites is 3. The number of hydrogen-bond acceptors (Lipinski definition) is 7. The Bertz CT molecular complexity index is 988. The predicted molar refractivity (Wildman–Crippen MR) is 101 cm³/mol. The monoisotopic (exact) mass is 379 g/mol. The van der Waals surface area contributed by atoms with Gasteiger partial charge in [-0.05, 0) is 24.3 Å². The number of hydrogen-bond donors (Lipinski definition) is 0. The Morgan fingerprint density at radius 2 is 1.64 bits per heavy atom. The maximum atomic E-state index is 13.3. The SMILES string of the molecule is COC(=O)C1=NN(c2ccccc2)[C@H]2C(=O)N(c3ccccc3OC)C(=O)[C@@H]12. The van der Waals surface area contributed by atoms with Crippen molar-refractivity contribution in [2.75, 3.05) is 24.1 Å². The maximum Gasteiger partial charge on any atom is 0.355 e. The largest absolute Gasteiger partial charge is 0.495 e. The molecular weight excluding hydrogens is 362 g/mol. The summed E-state index contributed by atoms with van der Waals surface area (Å²) < 4.78 is 10.1. The number of amides is 2. The molecular formula is C20H17N3O5. The van der Waals surface area contributed by atoms with Crippen molar-refractivity contribution >= 4 is 34.9 Å². The van der Waals surface area contributed by atoms with Gasteiger partial charge in [-0.2, -0.15) is 5.10 Å². The summed E-state index contributed by atoms with van der Waals surface area (Å²) in [6.45, 7) is 0. The van der Waals surface area contributed by atoms with Crippen LogP contribution in [-0.4, -0.2) is 43.8 Å². The van der Waals surface area contributed by atoms with Gasteiger partial charge in [0.05, 0.1) is 25.6 Å². The molecule has 2 aromatic carbocycles. The van der Waals surface area contributed by atoms with E-state index in [0.29, 0.717) is 17.1 Å². The lowest BCUT2D eigenvalue weighted by Gasteiger charge is -2.22. The van der Waals surface area contributed by atoms with Crippen LogP contribution in [0.25, 0.3) is 0 Å². The summed E-state index contributed by atoms with van der Waals surface area (Å²) in [5, 5.41) is 5.67. The third-order valence-corrected chi connectivity index (χ3v) is 4.79. The molecule has 8 heteroatoms. The molecule has 142 valence electrons. The number of methoxy groups -OCH3 is 2. The smallest absolute Gasteiger partial charge is 0.355 e. The molecule has 2 aliphatic heterocycles. The fourth-order valence-electron chi connectivity index (χ4n) is 3.53. The Morgan fingerprint density at radius 1 is 0.964 bits per heavy atom. The van der Waals surface area contributed by atoms with Crippen LogP contribution in [0.5, 0.6) is 5.75 Å². The van der Waals surface area contributed by atoms with Gasteiger partial charge in [0, 0.05) is 0 Å². The molecule has 2 amide bonds. The van der Waals surface area contributed by atoms with E-state index >= 15 is 0 Å². The van der Waals surface area contributed by atoms with Crippen molar-refractivity contribution in [3.8, 4) is 5.75 Å². The first-order chi connectivity index (χ1) is 13.6. The number of hydrazone groups is 1. The lowest BCUT2D eigenvalue weighted by atomic mass is 9.98. The van der Waals surface area contributed by atoms with Crippen molar-refractivity contribution in [2.45, 2.75) is 6.04 Å². The first-order valence-corrected chi connectivity index (χ1v) is 8.60. The van der Waals surface area contributed by atoms with Crippen molar-refractivity contribution in [3.63, 3.8) is 0 Å². The van der Waals surface area contributed by atoms with Gasteiger partial charge in [-0.1, -0.05) is 30.3 Å². The number of benzene rings is 2. The molecule has 2 aromatic rings. The predicted octanol–water partition coefficient (Wildman–Crippen LogP) is 1.60. The van der Waals surface area contributed by atoms with E-state index in [9.17, 15) is 14.4 Å². The molecule has 0 N–H and O–H groups in total. The number of ether oxygens (including phenoxy) is 2. The molecule has 28 heavy (non-hydrogen) atoms. The first kappa shape index (κ1) is 17.7. The van der Waals surface area contributed by atoms with Crippen LogP contribution in [-0.2, 0) is 19.1 Å². The summed E-state index contributed by atoms with van der Waals surface area (Å²) >= 11 is 0. The molecule has 0 spiro atoms. The van der Waals surface area contributed by atoms with E-state index < -0.39 is 29.7 Å². The Balaban J connectivity index is 1.82. The van der Waals surface area contributed by atoms with Crippen LogP contribution >= 0.6 is 0 Å². The second-order valence-corrected chi connectivity index (χ2v) is 6.26. The summed E-state index contributed by atoms with van der Waals surface area (Å²) in [5.41, 5.74) is 0.832. The van der Waals surface area contributed by atoms with Crippen LogP contribution in [0.3, 0.4) is 0 Å². The van der Waals surface area contributed by atoms with Gasteiger partial charge >= 0.3 is 5.97 Å². The number of rotatable bonds is 4. The van der Waals surface area contributed by atoms with Crippen molar-refractivity contribution in [1.82, 2.24) is 0 Å². The lowest BCUT2D eigenvalue weighted by Crippen LogP contribution is -2.39. The van der Waals surface area contributed by atoms with Gasteiger partial charge in [-0.25, -0.2) is 9.69 Å². The van der Waals surface area contributed by atoms with Crippen LogP contribution < -0.4 is 14.6 Å². The second-order valence-electron chi connectivity index (χ2n) is 6.26. The van der Waals surface area contributed by atoms with Crippen molar-refractivity contribution < 1.29 is 23.9 Å². The van der Waals surface area contributed by atoms with E-state index in [1.54, 1.807) is 48.5 Å². The Morgan fingerprint density at radius 3 is 2.32 bits per heavy atom. The fraction of sp³-hybridized carbons (Fsp3) is 0.200. The third-order valence-electron chi connectivity index (χ3n) is 4.79.